The minimum absolute atomic E-state index is 0. The van der Waals surface area contributed by atoms with Crippen molar-refractivity contribution in [2.45, 2.75) is 45.3 Å². The number of halogens is 1. The second-order valence-electron chi connectivity index (χ2n) is 13.8. The van der Waals surface area contributed by atoms with E-state index in [1.165, 1.54) is 31.9 Å². The summed E-state index contributed by atoms with van der Waals surface area (Å²) in [7, 11) is -4.95. The second kappa shape index (κ2) is 17.0. The Morgan fingerprint density at radius 2 is 1.00 bits per heavy atom. The van der Waals surface area contributed by atoms with Crippen LogP contribution in [0, 0.1) is 0 Å². The van der Waals surface area contributed by atoms with Gasteiger partial charge in [-0.25, -0.2) is 0 Å². The van der Waals surface area contributed by atoms with Crippen molar-refractivity contribution in [3.8, 4) is 0 Å². The average molecular weight is 804 g/mol. The molecule has 50 heavy (non-hydrogen) atoms. The predicted molar refractivity (Wildman–Crippen MR) is 215 cm³/mol. The maximum atomic E-state index is 7.98. The van der Waals surface area contributed by atoms with Crippen molar-refractivity contribution in [3.63, 3.8) is 0 Å². The number of hydrogen-bond donors (Lipinski definition) is 0. The van der Waals surface area contributed by atoms with E-state index >= 15 is 0 Å². The van der Waals surface area contributed by atoms with Gasteiger partial charge < -0.3 is 28.4 Å². The van der Waals surface area contributed by atoms with E-state index in [4.69, 9.17) is 4.43 Å². The molecular formula is C45H47INOPSi. The van der Waals surface area contributed by atoms with Crippen molar-refractivity contribution in [3.05, 3.63) is 187 Å². The van der Waals surface area contributed by atoms with Gasteiger partial charge in [-0.05, 0) is 82.0 Å². The summed E-state index contributed by atoms with van der Waals surface area (Å²) in [6.07, 6.45) is 7.74. The van der Waals surface area contributed by atoms with E-state index in [-0.39, 0.29) is 35.1 Å². The van der Waals surface area contributed by atoms with Crippen LogP contribution in [-0.4, -0.2) is 25.6 Å². The third-order valence-corrected chi connectivity index (χ3v) is 19.2. The van der Waals surface area contributed by atoms with Gasteiger partial charge in [0.05, 0.1) is 12.3 Å². The highest BCUT2D eigenvalue weighted by Gasteiger charge is 2.52. The first-order valence-electron chi connectivity index (χ1n) is 17.3. The van der Waals surface area contributed by atoms with Gasteiger partial charge in [-0.2, -0.15) is 0 Å². The lowest BCUT2D eigenvalue weighted by molar-refractivity contribution is -0.0000106. The molecule has 0 aliphatic heterocycles. The summed E-state index contributed by atoms with van der Waals surface area (Å²) in [6, 6.07) is 59.8. The molecule has 2 nitrogen and oxygen atoms in total. The van der Waals surface area contributed by atoms with Crippen LogP contribution in [0.2, 0.25) is 5.04 Å². The van der Waals surface area contributed by atoms with Crippen LogP contribution in [-0.2, 0) is 4.43 Å². The number of nitrogens with zero attached hydrogens (tertiary/aromatic N) is 1. The van der Waals surface area contributed by atoms with Crippen molar-refractivity contribution in [1.82, 2.24) is 4.98 Å². The molecule has 0 saturated carbocycles. The van der Waals surface area contributed by atoms with Crippen molar-refractivity contribution in [2.24, 2.45) is 0 Å². The minimum Gasteiger partial charge on any atom is -1.00 e. The Morgan fingerprint density at radius 3 is 1.38 bits per heavy atom. The Balaban J connectivity index is 0.00000486. The van der Waals surface area contributed by atoms with Gasteiger partial charge in [0.2, 0.25) is 0 Å². The van der Waals surface area contributed by atoms with Gasteiger partial charge in [0.1, 0.15) is 23.2 Å². The van der Waals surface area contributed by atoms with Crippen LogP contribution in [0.15, 0.2) is 182 Å². The highest BCUT2D eigenvalue weighted by Crippen LogP contribution is 2.56. The molecule has 0 bridgehead atoms. The predicted octanol–water partition coefficient (Wildman–Crippen LogP) is 5.82. The molecule has 0 saturated heterocycles. The highest BCUT2D eigenvalue weighted by atomic mass is 127. The van der Waals surface area contributed by atoms with E-state index in [1.54, 1.807) is 0 Å². The van der Waals surface area contributed by atoms with Crippen molar-refractivity contribution in [2.75, 3.05) is 6.16 Å². The van der Waals surface area contributed by atoms with Crippen LogP contribution in [0.3, 0.4) is 0 Å². The fraction of sp³-hybridized carbons (Fsp3) is 0.178. The average Bonchev–Trinajstić information content (AvgIpc) is 3.15. The summed E-state index contributed by atoms with van der Waals surface area (Å²) in [5.41, 5.74) is 2.37. The molecule has 0 unspecified atom stereocenters. The molecule has 0 radical (unpaired) electrons. The Labute approximate surface area is 318 Å². The van der Waals surface area contributed by atoms with E-state index in [0.29, 0.717) is 0 Å². The highest BCUT2D eigenvalue weighted by molar-refractivity contribution is 7.95. The molecule has 5 aromatic carbocycles. The number of benzene rings is 5. The SMILES string of the molecule is C/C(=C\c1ccncc1)[C@H](CC[P+](c1ccccc1)(c1ccccc1)c1ccccc1)O[Si](c1ccccc1)(c1ccccc1)C(C)(C)C.[I-]. The van der Waals surface area contributed by atoms with Crippen LogP contribution in [0.25, 0.3) is 6.08 Å². The lowest BCUT2D eigenvalue weighted by atomic mass is 10.1. The lowest BCUT2D eigenvalue weighted by Gasteiger charge is -2.45. The largest absolute Gasteiger partial charge is 1.00 e. The van der Waals surface area contributed by atoms with Gasteiger partial charge in [-0.15, -0.1) is 0 Å². The number of pyridine rings is 1. The molecule has 0 fully saturated rings. The van der Waals surface area contributed by atoms with Crippen LogP contribution in [0.5, 0.6) is 0 Å². The van der Waals surface area contributed by atoms with Gasteiger partial charge in [-0.1, -0.05) is 142 Å². The van der Waals surface area contributed by atoms with Gasteiger partial charge in [0.25, 0.3) is 8.32 Å². The Kier molecular flexibility index (Phi) is 12.8. The molecule has 1 aromatic heterocycles. The molecule has 5 heteroatoms. The number of rotatable bonds is 12. The molecule has 6 rings (SSSR count). The van der Waals surface area contributed by atoms with Gasteiger partial charge in [-0.3, -0.25) is 4.98 Å². The summed E-state index contributed by atoms with van der Waals surface area (Å²) in [5, 5.41) is 6.64. The summed E-state index contributed by atoms with van der Waals surface area (Å²) in [5.74, 6) is 0. The zero-order valence-electron chi connectivity index (χ0n) is 29.5. The Bertz CT molecular complexity index is 1780. The third kappa shape index (κ3) is 7.95. The van der Waals surface area contributed by atoms with E-state index in [0.717, 1.165) is 18.1 Å². The smallest absolute Gasteiger partial charge is 0.261 e. The molecule has 0 amide bonds. The zero-order chi connectivity index (χ0) is 34.2. The van der Waals surface area contributed by atoms with Crippen LogP contribution in [0.1, 0.15) is 39.7 Å². The van der Waals surface area contributed by atoms with E-state index in [2.05, 4.69) is 203 Å². The van der Waals surface area contributed by atoms with Gasteiger partial charge in [0.15, 0.2) is 0 Å². The van der Waals surface area contributed by atoms with E-state index < -0.39 is 15.6 Å². The fourth-order valence-corrected chi connectivity index (χ4v) is 16.4. The molecule has 0 spiro atoms. The molecule has 0 aliphatic carbocycles. The maximum absolute atomic E-state index is 7.98. The minimum atomic E-state index is -2.87. The molecule has 0 aliphatic rings. The Hall–Kier alpha value is -3.67. The first kappa shape index (κ1) is 37.6. The molecule has 1 heterocycles. The van der Waals surface area contributed by atoms with Crippen LogP contribution < -0.4 is 50.3 Å². The summed E-state index contributed by atoms with van der Waals surface area (Å²) in [4.78, 5) is 4.29. The molecule has 1 atom stereocenters. The third-order valence-electron chi connectivity index (χ3n) is 9.66. The first-order chi connectivity index (χ1) is 23.8. The number of aromatic nitrogens is 1. The Morgan fingerprint density at radius 1 is 0.620 bits per heavy atom. The quantitative estimate of drug-likeness (QED) is 0.0886. The van der Waals surface area contributed by atoms with Crippen molar-refractivity contribution in [1.29, 1.82) is 0 Å². The summed E-state index contributed by atoms with van der Waals surface area (Å²) < 4.78 is 7.98. The summed E-state index contributed by atoms with van der Waals surface area (Å²) >= 11 is 0. The van der Waals surface area contributed by atoms with Gasteiger partial charge >= 0.3 is 0 Å². The summed E-state index contributed by atoms with van der Waals surface area (Å²) in [6.45, 7) is 9.37. The van der Waals surface area contributed by atoms with Crippen LogP contribution in [0.4, 0.5) is 0 Å². The molecule has 6 aromatic rings. The second-order valence-corrected chi connectivity index (χ2v) is 21.6. The standard InChI is InChI=1S/C45H47NOPSi.HI/c1-37(36-38-30-33-46-34-31-38)44(47-49(45(2,3)4,42-26-16-8-17-27-42)43-28-18-9-19-29-43)32-35-48(39-20-10-5-11-21-39,40-22-12-6-13-23-40)41-24-14-7-15-25-41;/h5-31,33-34,36,44H,32,35H2,1-4H3;1H/q+1;/p-1/b37-36+;/t44-;/m0./s1. The fourth-order valence-electron chi connectivity index (χ4n) is 7.29. The van der Waals surface area contributed by atoms with Crippen molar-refractivity contribution < 1.29 is 28.4 Å². The molecular weight excluding hydrogens is 756 g/mol. The van der Waals surface area contributed by atoms with E-state index in [9.17, 15) is 0 Å². The molecule has 254 valence electrons. The first-order valence-corrected chi connectivity index (χ1v) is 21.1. The van der Waals surface area contributed by atoms with E-state index in [1.807, 2.05) is 12.4 Å². The van der Waals surface area contributed by atoms with Crippen LogP contribution >= 0.6 is 7.26 Å². The number of hydrogen-bond acceptors (Lipinski definition) is 2. The zero-order valence-corrected chi connectivity index (χ0v) is 33.5. The molecule has 0 N–H and O–H groups in total. The monoisotopic (exact) mass is 803 g/mol. The normalized spacial score (nSPS) is 12.9. The lowest BCUT2D eigenvalue weighted by Crippen LogP contribution is -3.00. The van der Waals surface area contributed by atoms with Crippen molar-refractivity contribution >= 4 is 47.9 Å². The topological polar surface area (TPSA) is 22.1 Å². The maximum Gasteiger partial charge on any atom is 0.261 e. The van der Waals surface area contributed by atoms with Gasteiger partial charge in [0, 0.05) is 18.8 Å².